The van der Waals surface area contributed by atoms with E-state index in [1.165, 1.54) is 6.92 Å². The lowest BCUT2D eigenvalue weighted by Gasteiger charge is -2.21. The molecule has 3 N–H and O–H groups in total. The first kappa shape index (κ1) is 26.6. The summed E-state index contributed by atoms with van der Waals surface area (Å²) in [6.07, 6.45) is -0.186. The van der Waals surface area contributed by atoms with Crippen molar-refractivity contribution in [2.45, 2.75) is 40.2 Å². The van der Waals surface area contributed by atoms with Crippen LogP contribution in [0.1, 0.15) is 54.7 Å². The Morgan fingerprint density at radius 1 is 1.00 bits per heavy atom. The molecule has 3 atom stereocenters. The van der Waals surface area contributed by atoms with Crippen LogP contribution in [0.5, 0.6) is 11.5 Å². The molecule has 38 heavy (non-hydrogen) atoms. The number of aryl methyl sites for hydroxylation is 1. The fraction of sp³-hybridized carbons (Fsp3) is 0.321. The average Bonchev–Trinajstić information content (AvgIpc) is 3.44. The molecule has 0 aliphatic carbocycles. The molecule has 2 aliphatic heterocycles. The first-order valence-corrected chi connectivity index (χ1v) is 12.2. The lowest BCUT2D eigenvalue weighted by atomic mass is 9.89. The molecule has 1 saturated heterocycles. The summed E-state index contributed by atoms with van der Waals surface area (Å²) in [7, 11) is 0. The van der Waals surface area contributed by atoms with Crippen LogP contribution in [0.15, 0.2) is 53.7 Å². The second-order valence-corrected chi connectivity index (χ2v) is 9.62. The van der Waals surface area contributed by atoms with Gasteiger partial charge in [0.15, 0.2) is 17.3 Å². The van der Waals surface area contributed by atoms with Crippen molar-refractivity contribution in [2.75, 3.05) is 6.79 Å². The third-order valence-corrected chi connectivity index (χ3v) is 6.55. The maximum atomic E-state index is 13.2. The van der Waals surface area contributed by atoms with Gasteiger partial charge in [0.1, 0.15) is 5.92 Å². The number of carbonyl (C=O) groups is 5. The van der Waals surface area contributed by atoms with E-state index in [0.717, 1.165) is 5.56 Å². The molecule has 2 aromatic rings. The van der Waals surface area contributed by atoms with Crippen LogP contribution < -0.4 is 25.4 Å². The van der Waals surface area contributed by atoms with E-state index in [2.05, 4.69) is 16.0 Å². The molecule has 0 aromatic heterocycles. The molecule has 0 bridgehead atoms. The van der Waals surface area contributed by atoms with Crippen LogP contribution in [0.2, 0.25) is 0 Å². The first-order chi connectivity index (χ1) is 18.0. The van der Waals surface area contributed by atoms with E-state index in [1.54, 1.807) is 32.0 Å². The van der Waals surface area contributed by atoms with E-state index in [1.807, 2.05) is 31.2 Å². The number of ketones is 1. The van der Waals surface area contributed by atoms with Crippen LogP contribution in [0.25, 0.3) is 0 Å². The molecule has 10 heteroatoms. The Labute approximate surface area is 219 Å². The molecule has 1 unspecified atom stereocenters. The predicted octanol–water partition coefficient (Wildman–Crippen LogP) is 2.47. The van der Waals surface area contributed by atoms with Crippen LogP contribution >= 0.6 is 0 Å². The summed E-state index contributed by atoms with van der Waals surface area (Å²) in [6.45, 7) is 6.76. The Balaban J connectivity index is 1.53. The second kappa shape index (κ2) is 10.9. The lowest BCUT2D eigenvalue weighted by molar-refractivity contribution is -0.132. The number of hydrogen-bond acceptors (Lipinski definition) is 7. The number of allylic oxidation sites excluding steroid dienone is 2. The number of carbonyl (C=O) groups excluding carboxylic acids is 5. The molecule has 198 valence electrons. The molecular weight excluding hydrogens is 490 g/mol. The largest absolute Gasteiger partial charge is 0.454 e. The van der Waals surface area contributed by atoms with Crippen molar-refractivity contribution in [3.05, 3.63) is 70.4 Å². The monoisotopic (exact) mass is 519 g/mol. The van der Waals surface area contributed by atoms with Crippen LogP contribution in [0, 0.1) is 18.8 Å². The number of benzene rings is 2. The SMILES string of the molecule is CC(C)=C(NC(=O)CC(NC(=O)c1ccc2c(c1)OCO2)c1ccc(C)cc1)C(=O)[C@@H]1C(=O)NC(=O)[C@H]1C. The number of amides is 4. The molecule has 10 nitrogen and oxygen atoms in total. The molecule has 4 amide bonds. The van der Waals surface area contributed by atoms with Crippen LogP contribution in [0.3, 0.4) is 0 Å². The van der Waals surface area contributed by atoms with Gasteiger partial charge in [-0.15, -0.1) is 0 Å². The van der Waals surface area contributed by atoms with Gasteiger partial charge < -0.3 is 20.1 Å². The average molecular weight is 520 g/mol. The maximum absolute atomic E-state index is 13.2. The van der Waals surface area contributed by atoms with E-state index in [9.17, 15) is 24.0 Å². The molecule has 4 rings (SSSR count). The van der Waals surface area contributed by atoms with Gasteiger partial charge in [0.25, 0.3) is 5.91 Å². The van der Waals surface area contributed by atoms with Crippen molar-refractivity contribution in [3.63, 3.8) is 0 Å². The summed E-state index contributed by atoms with van der Waals surface area (Å²) in [6, 6.07) is 11.5. The quantitative estimate of drug-likeness (QED) is 0.277. The molecule has 2 heterocycles. The Hall–Kier alpha value is -4.47. The van der Waals surface area contributed by atoms with Gasteiger partial charge >= 0.3 is 0 Å². The van der Waals surface area contributed by atoms with Crippen LogP contribution in [0.4, 0.5) is 0 Å². The van der Waals surface area contributed by atoms with Crippen molar-refractivity contribution < 1.29 is 33.4 Å². The van der Waals surface area contributed by atoms with E-state index in [0.29, 0.717) is 28.2 Å². The van der Waals surface area contributed by atoms with Gasteiger partial charge in [0.2, 0.25) is 24.5 Å². The number of rotatable bonds is 8. The molecule has 0 spiro atoms. The molecule has 1 fully saturated rings. The zero-order valence-electron chi connectivity index (χ0n) is 21.5. The third-order valence-electron chi connectivity index (χ3n) is 6.55. The van der Waals surface area contributed by atoms with Gasteiger partial charge in [-0.3, -0.25) is 29.3 Å². The predicted molar refractivity (Wildman–Crippen MR) is 136 cm³/mol. The Kier molecular flexibility index (Phi) is 7.61. The van der Waals surface area contributed by atoms with Gasteiger partial charge in [-0.05, 0) is 50.1 Å². The highest BCUT2D eigenvalue weighted by Gasteiger charge is 2.44. The highest BCUT2D eigenvalue weighted by molar-refractivity contribution is 6.20. The summed E-state index contributed by atoms with van der Waals surface area (Å²) < 4.78 is 10.7. The summed E-state index contributed by atoms with van der Waals surface area (Å²) in [5.74, 6) is -3.87. The Bertz CT molecular complexity index is 1340. The van der Waals surface area contributed by atoms with Crippen molar-refractivity contribution >= 4 is 29.4 Å². The highest BCUT2D eigenvalue weighted by atomic mass is 16.7. The molecule has 0 saturated carbocycles. The summed E-state index contributed by atoms with van der Waals surface area (Å²) in [5.41, 5.74) is 2.48. The normalized spacial score (nSPS) is 18.4. The van der Waals surface area contributed by atoms with Crippen molar-refractivity contribution in [3.8, 4) is 11.5 Å². The fourth-order valence-electron chi connectivity index (χ4n) is 4.33. The van der Waals surface area contributed by atoms with Gasteiger partial charge in [-0.25, -0.2) is 0 Å². The molecule has 0 radical (unpaired) electrons. The zero-order chi connectivity index (χ0) is 27.6. The topological polar surface area (TPSA) is 140 Å². The van der Waals surface area contributed by atoms with E-state index in [4.69, 9.17) is 9.47 Å². The minimum absolute atomic E-state index is 0.0403. The first-order valence-electron chi connectivity index (χ1n) is 12.2. The molecule has 2 aromatic carbocycles. The number of Topliss-reactive ketones (excluding diaryl/α,β-unsaturated/α-hetero) is 1. The minimum atomic E-state index is -1.22. The smallest absolute Gasteiger partial charge is 0.251 e. The second-order valence-electron chi connectivity index (χ2n) is 9.62. The number of hydrogen-bond donors (Lipinski definition) is 3. The molecule has 2 aliphatic rings. The number of ether oxygens (including phenoxy) is 2. The fourth-order valence-corrected chi connectivity index (χ4v) is 4.33. The highest BCUT2D eigenvalue weighted by Crippen LogP contribution is 2.33. The third kappa shape index (κ3) is 5.59. The van der Waals surface area contributed by atoms with Crippen LogP contribution in [-0.4, -0.2) is 36.2 Å². The van der Waals surface area contributed by atoms with Gasteiger partial charge in [-0.2, -0.15) is 0 Å². The minimum Gasteiger partial charge on any atom is -0.454 e. The van der Waals surface area contributed by atoms with Crippen molar-refractivity contribution in [1.82, 2.24) is 16.0 Å². The standard InChI is InChI=1S/C28H29N3O7/c1-14(2)24(25(33)23-16(4)26(34)31-28(23)36)30-22(32)12-19(17-7-5-15(3)6-8-17)29-27(35)18-9-10-20-21(11-18)38-13-37-20/h5-11,16,19,23H,12-13H2,1-4H3,(H,29,35)(H,30,32)(H,31,34,36)/t16-,19?,23+/m0/s1. The summed E-state index contributed by atoms with van der Waals surface area (Å²) in [5, 5.41) is 7.67. The lowest BCUT2D eigenvalue weighted by Crippen LogP contribution is -2.38. The van der Waals surface area contributed by atoms with E-state index >= 15 is 0 Å². The van der Waals surface area contributed by atoms with Gasteiger partial charge in [0, 0.05) is 5.56 Å². The Morgan fingerprint density at radius 3 is 2.32 bits per heavy atom. The van der Waals surface area contributed by atoms with Crippen LogP contribution in [-0.2, 0) is 19.2 Å². The van der Waals surface area contributed by atoms with Crippen molar-refractivity contribution in [1.29, 1.82) is 0 Å². The number of nitrogens with one attached hydrogen (secondary N) is 3. The van der Waals surface area contributed by atoms with Crippen molar-refractivity contribution in [2.24, 2.45) is 11.8 Å². The summed E-state index contributed by atoms with van der Waals surface area (Å²) in [4.78, 5) is 63.5. The zero-order valence-corrected chi connectivity index (χ0v) is 21.5. The van der Waals surface area contributed by atoms with E-state index in [-0.39, 0.29) is 18.9 Å². The van der Waals surface area contributed by atoms with Gasteiger partial charge in [0.05, 0.1) is 24.1 Å². The maximum Gasteiger partial charge on any atom is 0.251 e. The molecular formula is C28H29N3O7. The number of imide groups is 1. The Morgan fingerprint density at radius 2 is 1.68 bits per heavy atom. The number of fused-ring (bicyclic) bond motifs is 1. The van der Waals surface area contributed by atoms with Gasteiger partial charge in [-0.1, -0.05) is 36.8 Å². The van der Waals surface area contributed by atoms with E-state index < -0.39 is 47.3 Å². The summed E-state index contributed by atoms with van der Waals surface area (Å²) >= 11 is 0.